The minimum Gasteiger partial charge on any atom is -0.493 e. The Kier molecular flexibility index (Phi) is 4.33. The average Bonchev–Trinajstić information content (AvgIpc) is 3.42. The van der Waals surface area contributed by atoms with E-state index in [1.807, 2.05) is 22.6 Å². The third-order valence-corrected chi connectivity index (χ3v) is 5.13. The smallest absolute Gasteiger partial charge is 0.210 e. The predicted octanol–water partition coefficient (Wildman–Crippen LogP) is 2.79. The van der Waals surface area contributed by atoms with Crippen LogP contribution in [0, 0.1) is 0 Å². The van der Waals surface area contributed by atoms with Crippen LogP contribution >= 0.6 is 0 Å². The summed E-state index contributed by atoms with van der Waals surface area (Å²) in [4.78, 5) is 8.90. The van der Waals surface area contributed by atoms with Gasteiger partial charge >= 0.3 is 0 Å². The maximum atomic E-state index is 9.65. The molecule has 1 aromatic carbocycles. The summed E-state index contributed by atoms with van der Waals surface area (Å²) in [7, 11) is 0. The fourth-order valence-electron chi connectivity index (χ4n) is 3.60. The maximum absolute atomic E-state index is 9.65. The highest BCUT2D eigenvalue weighted by molar-refractivity contribution is 5.77. The summed E-state index contributed by atoms with van der Waals surface area (Å²) in [5.41, 5.74) is 5.45. The maximum Gasteiger partial charge on any atom is 0.210 e. The van der Waals surface area contributed by atoms with Gasteiger partial charge in [-0.1, -0.05) is 18.2 Å². The second-order valence-electron chi connectivity index (χ2n) is 7.01. The number of aliphatic hydroxyl groups excluding tert-OH is 1. The summed E-state index contributed by atoms with van der Waals surface area (Å²) >= 11 is 0. The Morgan fingerprint density at radius 2 is 2.14 bits per heavy atom. The van der Waals surface area contributed by atoms with Crippen molar-refractivity contribution < 1.29 is 9.84 Å². The van der Waals surface area contributed by atoms with E-state index < -0.39 is 6.10 Å². The summed E-state index contributed by atoms with van der Waals surface area (Å²) in [5, 5.41) is 21.4. The number of benzene rings is 1. The van der Waals surface area contributed by atoms with Gasteiger partial charge < -0.3 is 15.2 Å². The van der Waals surface area contributed by atoms with Crippen molar-refractivity contribution in [3.63, 3.8) is 0 Å². The molecule has 29 heavy (non-hydrogen) atoms. The van der Waals surface area contributed by atoms with Gasteiger partial charge in [0.2, 0.25) is 5.95 Å². The molecule has 0 radical (unpaired) electrons. The molecule has 4 aromatic rings. The number of pyridine rings is 1. The Hall–Kier alpha value is -3.52. The Balaban J connectivity index is 1.44. The number of aliphatic hydroxyl groups is 1. The van der Waals surface area contributed by atoms with Crippen LogP contribution in [0.25, 0.3) is 16.8 Å². The highest BCUT2D eigenvalue weighted by Crippen LogP contribution is 2.29. The highest BCUT2D eigenvalue weighted by atomic mass is 16.5. The minimum atomic E-state index is -0.605. The van der Waals surface area contributed by atoms with Crippen LogP contribution in [0.1, 0.15) is 29.8 Å². The lowest BCUT2D eigenvalue weighted by Crippen LogP contribution is -2.08. The molecule has 5 rings (SSSR count). The number of anilines is 1. The van der Waals surface area contributed by atoms with E-state index in [0.717, 1.165) is 29.9 Å². The molecule has 3 aromatic heterocycles. The van der Waals surface area contributed by atoms with Crippen LogP contribution in [0.5, 0.6) is 5.75 Å². The van der Waals surface area contributed by atoms with Crippen LogP contribution in [-0.2, 0) is 13.0 Å². The second-order valence-corrected chi connectivity index (χ2v) is 7.01. The molecule has 1 atom stereocenters. The zero-order valence-corrected chi connectivity index (χ0v) is 15.9. The third kappa shape index (κ3) is 3.17. The monoisotopic (exact) mass is 388 g/mol. The molecule has 146 valence electrons. The number of aromatic nitrogens is 5. The van der Waals surface area contributed by atoms with E-state index in [1.165, 1.54) is 11.1 Å². The van der Waals surface area contributed by atoms with E-state index in [2.05, 4.69) is 31.5 Å². The van der Waals surface area contributed by atoms with Crippen LogP contribution in [0.15, 0.2) is 49.1 Å². The molecule has 0 fully saturated rings. The van der Waals surface area contributed by atoms with E-state index in [1.54, 1.807) is 31.7 Å². The number of rotatable bonds is 5. The Labute approximate surface area is 167 Å². The number of nitrogens with one attached hydrogen (secondary N) is 1. The van der Waals surface area contributed by atoms with Gasteiger partial charge in [-0.2, -0.15) is 0 Å². The molecule has 0 aliphatic carbocycles. The van der Waals surface area contributed by atoms with Crippen molar-refractivity contribution in [3.8, 4) is 16.9 Å². The predicted molar refractivity (Wildman–Crippen MR) is 108 cm³/mol. The topological polar surface area (TPSA) is 97.5 Å². The van der Waals surface area contributed by atoms with Gasteiger partial charge in [0.1, 0.15) is 12.1 Å². The summed E-state index contributed by atoms with van der Waals surface area (Å²) in [6, 6.07) is 9.83. The summed E-state index contributed by atoms with van der Waals surface area (Å²) in [6.45, 7) is 3.06. The lowest BCUT2D eigenvalue weighted by atomic mass is 10.1. The molecule has 2 N–H and O–H groups in total. The van der Waals surface area contributed by atoms with Gasteiger partial charge in [-0.15, -0.1) is 10.2 Å². The van der Waals surface area contributed by atoms with Gasteiger partial charge in [-0.3, -0.25) is 9.38 Å². The first-order chi connectivity index (χ1) is 14.2. The highest BCUT2D eigenvalue weighted by Gasteiger charge is 2.16. The van der Waals surface area contributed by atoms with E-state index in [4.69, 9.17) is 4.74 Å². The average molecular weight is 388 g/mol. The third-order valence-electron chi connectivity index (χ3n) is 5.13. The Morgan fingerprint density at radius 1 is 1.21 bits per heavy atom. The first-order valence-corrected chi connectivity index (χ1v) is 9.51. The fourth-order valence-corrected chi connectivity index (χ4v) is 3.60. The second kappa shape index (κ2) is 7.14. The van der Waals surface area contributed by atoms with Gasteiger partial charge in [0, 0.05) is 42.0 Å². The number of fused-ring (bicyclic) bond motifs is 2. The number of hydrogen-bond donors (Lipinski definition) is 2. The molecule has 1 unspecified atom stereocenters. The zero-order valence-electron chi connectivity index (χ0n) is 15.9. The quantitative estimate of drug-likeness (QED) is 0.542. The van der Waals surface area contributed by atoms with Gasteiger partial charge in [-0.25, -0.2) is 4.98 Å². The summed E-state index contributed by atoms with van der Waals surface area (Å²) in [6.07, 6.45) is 5.45. The lowest BCUT2D eigenvalue weighted by Gasteiger charge is -2.12. The standard InChI is InChI=1S/C21H20N6O2/c1-13(28)18-6-5-15(9-22-18)17-11-24-21(27-12-25-26-20(17)27)23-10-14-3-2-4-19-16(14)7-8-29-19/h2-6,9,11-13,28H,7-8,10H2,1H3,(H,23,24). The molecular formula is C21H20N6O2. The van der Waals surface area contributed by atoms with Crippen molar-refractivity contribution in [1.82, 2.24) is 24.6 Å². The molecule has 0 saturated carbocycles. The molecule has 1 aliphatic heterocycles. The molecular weight excluding hydrogens is 368 g/mol. The van der Waals surface area contributed by atoms with Crippen LogP contribution < -0.4 is 10.1 Å². The molecule has 0 bridgehead atoms. The van der Waals surface area contributed by atoms with Crippen molar-refractivity contribution in [3.05, 3.63) is 65.9 Å². The minimum absolute atomic E-state index is 0.605. The normalized spacial score (nSPS) is 13.9. The van der Waals surface area contributed by atoms with Crippen molar-refractivity contribution in [2.75, 3.05) is 11.9 Å². The first-order valence-electron chi connectivity index (χ1n) is 9.51. The summed E-state index contributed by atoms with van der Waals surface area (Å²) in [5.74, 6) is 1.63. The fraction of sp³-hybridized carbons (Fsp3) is 0.238. The molecule has 8 nitrogen and oxygen atoms in total. The van der Waals surface area contributed by atoms with Gasteiger partial charge in [0.25, 0.3) is 0 Å². The van der Waals surface area contributed by atoms with E-state index in [9.17, 15) is 5.11 Å². The van der Waals surface area contributed by atoms with E-state index in [0.29, 0.717) is 23.8 Å². The van der Waals surface area contributed by atoms with Crippen LogP contribution in [0.3, 0.4) is 0 Å². The van der Waals surface area contributed by atoms with Crippen LogP contribution in [0.2, 0.25) is 0 Å². The van der Waals surface area contributed by atoms with Crippen LogP contribution in [0.4, 0.5) is 5.95 Å². The zero-order chi connectivity index (χ0) is 19.8. The van der Waals surface area contributed by atoms with Gasteiger partial charge in [0.05, 0.1) is 18.4 Å². The molecule has 1 aliphatic rings. The Bertz CT molecular complexity index is 1170. The number of hydrogen-bond acceptors (Lipinski definition) is 7. The largest absolute Gasteiger partial charge is 0.493 e. The summed E-state index contributed by atoms with van der Waals surface area (Å²) < 4.78 is 7.48. The number of ether oxygens (including phenoxy) is 1. The van der Waals surface area contributed by atoms with Gasteiger partial charge in [-0.05, 0) is 24.6 Å². The van der Waals surface area contributed by atoms with Crippen molar-refractivity contribution in [2.24, 2.45) is 0 Å². The molecule has 4 heterocycles. The van der Waals surface area contributed by atoms with E-state index in [-0.39, 0.29) is 0 Å². The van der Waals surface area contributed by atoms with Crippen molar-refractivity contribution in [1.29, 1.82) is 0 Å². The number of nitrogens with zero attached hydrogens (tertiary/aromatic N) is 5. The molecule has 8 heteroatoms. The molecule has 0 amide bonds. The molecule has 0 spiro atoms. The van der Waals surface area contributed by atoms with E-state index >= 15 is 0 Å². The van der Waals surface area contributed by atoms with Crippen LogP contribution in [-0.4, -0.2) is 36.3 Å². The van der Waals surface area contributed by atoms with Crippen molar-refractivity contribution >= 4 is 11.6 Å². The first kappa shape index (κ1) is 17.6. The lowest BCUT2D eigenvalue weighted by molar-refractivity contribution is 0.194. The SMILES string of the molecule is CC(O)c1ccc(-c2cnc(NCc3cccc4c3CCO4)n3cnnc23)cn1. The Morgan fingerprint density at radius 3 is 2.97 bits per heavy atom. The van der Waals surface area contributed by atoms with Gasteiger partial charge in [0.15, 0.2) is 5.65 Å². The van der Waals surface area contributed by atoms with Crippen molar-refractivity contribution in [2.45, 2.75) is 26.0 Å². The molecule has 0 saturated heterocycles.